The Morgan fingerprint density at radius 2 is 1.89 bits per heavy atom. The highest BCUT2D eigenvalue weighted by molar-refractivity contribution is 5.34. The highest BCUT2D eigenvalue weighted by Gasteiger charge is 2.31. The summed E-state index contributed by atoms with van der Waals surface area (Å²) in [7, 11) is 1.77. The lowest BCUT2D eigenvalue weighted by molar-refractivity contribution is 0.118. The van der Waals surface area contributed by atoms with Crippen LogP contribution in [0.15, 0.2) is 24.3 Å². The molecule has 0 amide bonds. The predicted octanol–water partition coefficient (Wildman–Crippen LogP) is 3.38. The second-order valence-corrected chi connectivity index (χ2v) is 5.62. The molecule has 0 aliphatic heterocycles. The molecule has 1 aromatic carbocycles. The van der Waals surface area contributed by atoms with Gasteiger partial charge in [-0.05, 0) is 37.3 Å². The van der Waals surface area contributed by atoms with Gasteiger partial charge in [-0.15, -0.1) is 0 Å². The Labute approximate surface area is 111 Å². The maximum atomic E-state index is 6.66. The molecular weight excluding hydrogens is 222 g/mol. The molecule has 2 heteroatoms. The quantitative estimate of drug-likeness (QED) is 0.885. The third-order valence-corrected chi connectivity index (χ3v) is 4.21. The molecule has 0 aromatic heterocycles. The summed E-state index contributed by atoms with van der Waals surface area (Å²) in [5.41, 5.74) is 9.25. The van der Waals surface area contributed by atoms with Crippen molar-refractivity contribution < 1.29 is 4.74 Å². The van der Waals surface area contributed by atoms with E-state index in [1.807, 2.05) is 0 Å². The van der Waals surface area contributed by atoms with Crippen molar-refractivity contribution in [3.63, 3.8) is 0 Å². The molecule has 1 fully saturated rings. The summed E-state index contributed by atoms with van der Waals surface area (Å²) < 4.78 is 5.39. The van der Waals surface area contributed by atoms with E-state index in [2.05, 4.69) is 31.2 Å². The van der Waals surface area contributed by atoms with Crippen LogP contribution in [-0.4, -0.2) is 13.2 Å². The fourth-order valence-corrected chi connectivity index (χ4v) is 3.03. The van der Waals surface area contributed by atoms with Crippen LogP contribution in [0.5, 0.6) is 0 Å². The van der Waals surface area contributed by atoms with E-state index in [0.717, 1.165) is 19.3 Å². The van der Waals surface area contributed by atoms with Crippen LogP contribution in [-0.2, 0) is 16.7 Å². The van der Waals surface area contributed by atoms with Crippen molar-refractivity contribution in [2.45, 2.75) is 57.1 Å². The van der Waals surface area contributed by atoms with Gasteiger partial charge in [-0.1, -0.05) is 43.5 Å². The standard InChI is InChI=1S/C16H25NO/c1-13(18-2)12-14-8-4-5-9-15(14)16(17)10-6-3-7-11-16/h4-5,8-9,13H,3,6-7,10-12,17H2,1-2H3. The molecule has 2 rings (SSSR count). The van der Waals surface area contributed by atoms with Crippen LogP contribution in [0, 0.1) is 0 Å². The minimum Gasteiger partial charge on any atom is -0.381 e. The molecule has 1 aromatic rings. The summed E-state index contributed by atoms with van der Waals surface area (Å²) in [6.07, 6.45) is 7.27. The summed E-state index contributed by atoms with van der Waals surface area (Å²) in [5.74, 6) is 0. The molecule has 0 radical (unpaired) electrons. The molecule has 100 valence electrons. The average Bonchev–Trinajstić information content (AvgIpc) is 2.40. The van der Waals surface area contributed by atoms with Crippen LogP contribution in [0.3, 0.4) is 0 Å². The van der Waals surface area contributed by atoms with Crippen molar-refractivity contribution in [2.75, 3.05) is 7.11 Å². The topological polar surface area (TPSA) is 35.2 Å². The zero-order valence-corrected chi connectivity index (χ0v) is 11.6. The smallest absolute Gasteiger partial charge is 0.0583 e. The number of hydrogen-bond donors (Lipinski definition) is 1. The Morgan fingerprint density at radius 3 is 2.56 bits per heavy atom. The van der Waals surface area contributed by atoms with Crippen molar-refractivity contribution in [2.24, 2.45) is 5.73 Å². The van der Waals surface area contributed by atoms with Crippen LogP contribution >= 0.6 is 0 Å². The minimum atomic E-state index is -0.109. The highest BCUT2D eigenvalue weighted by atomic mass is 16.5. The van der Waals surface area contributed by atoms with Crippen molar-refractivity contribution in [3.8, 4) is 0 Å². The van der Waals surface area contributed by atoms with Crippen molar-refractivity contribution >= 4 is 0 Å². The first kappa shape index (κ1) is 13.6. The van der Waals surface area contributed by atoms with Crippen LogP contribution < -0.4 is 5.73 Å². The summed E-state index contributed by atoms with van der Waals surface area (Å²) in [5, 5.41) is 0. The first-order chi connectivity index (χ1) is 8.65. The SMILES string of the molecule is COC(C)Cc1ccccc1C1(N)CCCCC1. The van der Waals surface area contributed by atoms with E-state index in [9.17, 15) is 0 Å². The Balaban J connectivity index is 2.26. The molecule has 1 saturated carbocycles. The molecular formula is C16H25NO. The largest absolute Gasteiger partial charge is 0.381 e. The monoisotopic (exact) mass is 247 g/mol. The molecule has 0 spiro atoms. The van der Waals surface area contributed by atoms with Crippen LogP contribution in [0.2, 0.25) is 0 Å². The van der Waals surface area contributed by atoms with E-state index in [1.54, 1.807) is 7.11 Å². The number of rotatable bonds is 4. The third kappa shape index (κ3) is 2.93. The molecule has 1 unspecified atom stereocenters. The van der Waals surface area contributed by atoms with E-state index >= 15 is 0 Å². The van der Waals surface area contributed by atoms with E-state index in [0.29, 0.717) is 0 Å². The van der Waals surface area contributed by atoms with E-state index < -0.39 is 0 Å². The Hall–Kier alpha value is -0.860. The normalized spacial score (nSPS) is 20.6. The number of benzene rings is 1. The molecule has 0 bridgehead atoms. The number of ether oxygens (including phenoxy) is 1. The number of nitrogens with two attached hydrogens (primary N) is 1. The van der Waals surface area contributed by atoms with Crippen molar-refractivity contribution in [1.29, 1.82) is 0 Å². The van der Waals surface area contributed by atoms with Gasteiger partial charge in [-0.3, -0.25) is 0 Å². The highest BCUT2D eigenvalue weighted by Crippen LogP contribution is 2.36. The summed E-state index contributed by atoms with van der Waals surface area (Å²) >= 11 is 0. The molecule has 18 heavy (non-hydrogen) atoms. The van der Waals surface area contributed by atoms with Crippen molar-refractivity contribution in [1.82, 2.24) is 0 Å². The Bertz CT molecular complexity index is 382. The maximum Gasteiger partial charge on any atom is 0.0583 e. The van der Waals surface area contributed by atoms with Gasteiger partial charge in [0.2, 0.25) is 0 Å². The zero-order chi connectivity index (χ0) is 13.0. The van der Waals surface area contributed by atoms with Gasteiger partial charge >= 0.3 is 0 Å². The predicted molar refractivity (Wildman–Crippen MR) is 75.6 cm³/mol. The maximum absolute atomic E-state index is 6.66. The van der Waals surface area contributed by atoms with E-state index in [1.165, 1.54) is 30.4 Å². The van der Waals surface area contributed by atoms with Gasteiger partial charge in [0, 0.05) is 12.6 Å². The number of hydrogen-bond acceptors (Lipinski definition) is 2. The molecule has 2 N–H and O–H groups in total. The molecule has 2 nitrogen and oxygen atoms in total. The first-order valence-electron chi connectivity index (χ1n) is 7.06. The molecule has 0 heterocycles. The second-order valence-electron chi connectivity index (χ2n) is 5.62. The Kier molecular flexibility index (Phi) is 4.41. The van der Waals surface area contributed by atoms with Crippen LogP contribution in [0.4, 0.5) is 0 Å². The average molecular weight is 247 g/mol. The Morgan fingerprint density at radius 1 is 1.22 bits per heavy atom. The molecule has 0 saturated heterocycles. The summed E-state index contributed by atoms with van der Waals surface area (Å²) in [6.45, 7) is 2.11. The molecule has 1 aliphatic carbocycles. The fourth-order valence-electron chi connectivity index (χ4n) is 3.03. The number of methoxy groups -OCH3 is 1. The van der Waals surface area contributed by atoms with E-state index in [4.69, 9.17) is 10.5 Å². The van der Waals surface area contributed by atoms with Gasteiger partial charge in [-0.25, -0.2) is 0 Å². The molecule has 1 atom stereocenters. The van der Waals surface area contributed by atoms with E-state index in [-0.39, 0.29) is 11.6 Å². The van der Waals surface area contributed by atoms with Gasteiger partial charge in [0.05, 0.1) is 6.10 Å². The second kappa shape index (κ2) is 5.85. The first-order valence-corrected chi connectivity index (χ1v) is 7.06. The van der Waals surface area contributed by atoms with Gasteiger partial charge in [0.1, 0.15) is 0 Å². The minimum absolute atomic E-state index is 0.109. The van der Waals surface area contributed by atoms with Gasteiger partial charge in [-0.2, -0.15) is 0 Å². The summed E-state index contributed by atoms with van der Waals surface area (Å²) in [6, 6.07) is 8.63. The van der Waals surface area contributed by atoms with Crippen LogP contribution in [0.1, 0.15) is 50.2 Å². The molecule has 1 aliphatic rings. The zero-order valence-electron chi connectivity index (χ0n) is 11.6. The van der Waals surface area contributed by atoms with Gasteiger partial charge in [0.25, 0.3) is 0 Å². The van der Waals surface area contributed by atoms with Gasteiger partial charge < -0.3 is 10.5 Å². The lowest BCUT2D eigenvalue weighted by Gasteiger charge is -2.35. The van der Waals surface area contributed by atoms with Gasteiger partial charge in [0.15, 0.2) is 0 Å². The lowest BCUT2D eigenvalue weighted by Crippen LogP contribution is -2.39. The fraction of sp³-hybridized carbons (Fsp3) is 0.625. The van der Waals surface area contributed by atoms with Crippen LogP contribution in [0.25, 0.3) is 0 Å². The third-order valence-electron chi connectivity index (χ3n) is 4.21. The summed E-state index contributed by atoms with van der Waals surface area (Å²) in [4.78, 5) is 0. The lowest BCUT2D eigenvalue weighted by atomic mass is 9.75. The van der Waals surface area contributed by atoms with Crippen molar-refractivity contribution in [3.05, 3.63) is 35.4 Å².